The van der Waals surface area contributed by atoms with E-state index in [9.17, 15) is 9.59 Å². The predicted molar refractivity (Wildman–Crippen MR) is 113 cm³/mol. The second-order valence-electron chi connectivity index (χ2n) is 7.41. The molecule has 1 aliphatic carbocycles. The third-order valence-electron chi connectivity index (χ3n) is 5.00. The molecule has 0 spiro atoms. The number of thiophene rings is 1. The summed E-state index contributed by atoms with van der Waals surface area (Å²) in [5, 5.41) is 6.97. The molecule has 0 unspecified atom stereocenters. The summed E-state index contributed by atoms with van der Waals surface area (Å²) in [6.07, 6.45) is 2.59. The van der Waals surface area contributed by atoms with Crippen LogP contribution in [0.1, 0.15) is 47.6 Å². The van der Waals surface area contributed by atoms with E-state index < -0.39 is 12.1 Å². The van der Waals surface area contributed by atoms with E-state index in [1.165, 1.54) is 28.0 Å². The maximum absolute atomic E-state index is 12.7. The number of benzene rings is 1. The van der Waals surface area contributed by atoms with Crippen molar-refractivity contribution >= 4 is 29.0 Å². The number of carbonyl (C=O) groups is 2. The summed E-state index contributed by atoms with van der Waals surface area (Å²) in [4.78, 5) is 26.8. The van der Waals surface area contributed by atoms with Crippen LogP contribution in [0.3, 0.4) is 0 Å². The molecule has 1 aromatic carbocycles. The van der Waals surface area contributed by atoms with Crippen LogP contribution in [0.25, 0.3) is 10.4 Å². The summed E-state index contributed by atoms with van der Waals surface area (Å²) >= 11 is 1.43. The van der Waals surface area contributed by atoms with Gasteiger partial charge in [-0.05, 0) is 56.4 Å². The maximum atomic E-state index is 12.7. The molecule has 2 heterocycles. The van der Waals surface area contributed by atoms with Crippen molar-refractivity contribution in [2.75, 3.05) is 5.32 Å². The molecule has 0 saturated heterocycles. The fourth-order valence-electron chi connectivity index (χ4n) is 3.50. The van der Waals surface area contributed by atoms with Gasteiger partial charge in [0, 0.05) is 17.0 Å². The average Bonchev–Trinajstić information content (AvgIpc) is 3.34. The third kappa shape index (κ3) is 3.82. The SMILES string of the molecule is CC(C)n1nccc1NC(=O)[C@H](C)OC(=O)c1cc2c(s1)-c1ccccc1CC2. The van der Waals surface area contributed by atoms with E-state index in [1.807, 2.05) is 32.0 Å². The average molecular weight is 410 g/mol. The predicted octanol–water partition coefficient (Wildman–Crippen LogP) is 4.48. The smallest absolute Gasteiger partial charge is 0.349 e. The minimum absolute atomic E-state index is 0.110. The van der Waals surface area contributed by atoms with Crippen LogP contribution in [-0.4, -0.2) is 27.8 Å². The molecule has 0 aliphatic heterocycles. The van der Waals surface area contributed by atoms with Gasteiger partial charge >= 0.3 is 5.97 Å². The fourth-order valence-corrected chi connectivity index (χ4v) is 4.65. The number of nitrogens with one attached hydrogen (secondary N) is 1. The molecule has 0 saturated carbocycles. The van der Waals surface area contributed by atoms with Crippen molar-refractivity contribution in [3.8, 4) is 10.4 Å². The summed E-state index contributed by atoms with van der Waals surface area (Å²) in [7, 11) is 0. The number of ether oxygens (including phenoxy) is 1. The molecule has 6 nitrogen and oxygen atoms in total. The largest absolute Gasteiger partial charge is 0.448 e. The molecule has 1 atom stereocenters. The molecule has 4 rings (SSSR count). The topological polar surface area (TPSA) is 73.2 Å². The van der Waals surface area contributed by atoms with Crippen molar-refractivity contribution < 1.29 is 14.3 Å². The van der Waals surface area contributed by atoms with Crippen LogP contribution >= 0.6 is 11.3 Å². The van der Waals surface area contributed by atoms with Crippen LogP contribution in [0, 0.1) is 0 Å². The number of nitrogens with zero attached hydrogens (tertiary/aromatic N) is 2. The monoisotopic (exact) mass is 409 g/mol. The lowest BCUT2D eigenvalue weighted by Gasteiger charge is -2.15. The number of esters is 1. The van der Waals surface area contributed by atoms with Crippen molar-refractivity contribution in [3.63, 3.8) is 0 Å². The molecule has 7 heteroatoms. The number of hydrogen-bond acceptors (Lipinski definition) is 5. The Balaban J connectivity index is 1.45. The maximum Gasteiger partial charge on any atom is 0.349 e. The van der Waals surface area contributed by atoms with Crippen LogP contribution in [0.4, 0.5) is 5.82 Å². The summed E-state index contributed by atoms with van der Waals surface area (Å²) in [6, 6.07) is 12.0. The van der Waals surface area contributed by atoms with Gasteiger partial charge in [0.15, 0.2) is 6.10 Å². The van der Waals surface area contributed by atoms with Gasteiger partial charge < -0.3 is 10.1 Å². The van der Waals surface area contributed by atoms with Gasteiger partial charge in [0.05, 0.1) is 6.20 Å². The van der Waals surface area contributed by atoms with E-state index in [0.29, 0.717) is 10.7 Å². The van der Waals surface area contributed by atoms with E-state index in [2.05, 4.69) is 22.5 Å². The number of carbonyl (C=O) groups excluding carboxylic acids is 2. The highest BCUT2D eigenvalue weighted by molar-refractivity contribution is 7.17. The lowest BCUT2D eigenvalue weighted by atomic mass is 9.91. The first kappa shape index (κ1) is 19.4. The van der Waals surface area contributed by atoms with E-state index in [1.54, 1.807) is 23.9 Å². The number of aryl methyl sites for hydroxylation is 2. The summed E-state index contributed by atoms with van der Waals surface area (Å²) < 4.78 is 7.15. The zero-order valence-electron chi connectivity index (χ0n) is 16.6. The minimum Gasteiger partial charge on any atom is -0.448 e. The Labute approximate surface area is 173 Å². The van der Waals surface area contributed by atoms with E-state index in [0.717, 1.165) is 17.7 Å². The lowest BCUT2D eigenvalue weighted by Crippen LogP contribution is -2.30. The van der Waals surface area contributed by atoms with Crippen LogP contribution in [0.15, 0.2) is 42.6 Å². The van der Waals surface area contributed by atoms with E-state index in [-0.39, 0.29) is 11.9 Å². The van der Waals surface area contributed by atoms with Gasteiger partial charge in [-0.15, -0.1) is 11.3 Å². The zero-order valence-corrected chi connectivity index (χ0v) is 17.5. The van der Waals surface area contributed by atoms with Crippen LogP contribution < -0.4 is 5.32 Å². The van der Waals surface area contributed by atoms with Crippen molar-refractivity contribution in [2.24, 2.45) is 0 Å². The zero-order chi connectivity index (χ0) is 20.5. The second-order valence-corrected chi connectivity index (χ2v) is 8.47. The van der Waals surface area contributed by atoms with Crippen molar-refractivity contribution in [2.45, 2.75) is 45.8 Å². The lowest BCUT2D eigenvalue weighted by molar-refractivity contribution is -0.123. The second kappa shape index (κ2) is 7.83. The highest BCUT2D eigenvalue weighted by Gasteiger charge is 2.25. The Kier molecular flexibility index (Phi) is 5.24. The standard InChI is InChI=1S/C22H23N3O3S/c1-13(2)25-19(10-11-23-25)24-21(26)14(3)28-22(27)18-12-16-9-8-15-6-4-5-7-17(15)20(16)29-18/h4-7,10-14H,8-9H2,1-3H3,(H,24,26)/t14-/m0/s1. The Morgan fingerprint density at radius 1 is 1.14 bits per heavy atom. The molecule has 1 amide bonds. The summed E-state index contributed by atoms with van der Waals surface area (Å²) in [6.45, 7) is 5.53. The van der Waals surface area contributed by atoms with Gasteiger partial charge in [-0.2, -0.15) is 5.10 Å². The van der Waals surface area contributed by atoms with Gasteiger partial charge in [-0.3, -0.25) is 4.79 Å². The van der Waals surface area contributed by atoms with Gasteiger partial charge in [-0.25, -0.2) is 9.48 Å². The van der Waals surface area contributed by atoms with Crippen molar-refractivity contribution in [1.82, 2.24) is 9.78 Å². The summed E-state index contributed by atoms with van der Waals surface area (Å²) in [5.74, 6) is -0.273. The number of rotatable bonds is 5. The summed E-state index contributed by atoms with van der Waals surface area (Å²) in [5.41, 5.74) is 3.65. The van der Waals surface area contributed by atoms with Gasteiger partial charge in [0.1, 0.15) is 10.7 Å². The van der Waals surface area contributed by atoms with Crippen LogP contribution in [-0.2, 0) is 22.4 Å². The number of aromatic nitrogens is 2. The molecule has 150 valence electrons. The highest BCUT2D eigenvalue weighted by atomic mass is 32.1. The third-order valence-corrected chi connectivity index (χ3v) is 6.19. The van der Waals surface area contributed by atoms with Crippen molar-refractivity contribution in [3.05, 3.63) is 58.6 Å². The highest BCUT2D eigenvalue weighted by Crippen LogP contribution is 2.39. The Bertz CT molecular complexity index is 1070. The fraction of sp³-hybridized carbons (Fsp3) is 0.318. The van der Waals surface area contributed by atoms with E-state index >= 15 is 0 Å². The normalized spacial score (nSPS) is 13.5. The molecule has 0 bridgehead atoms. The number of anilines is 1. The molecule has 0 radical (unpaired) electrons. The number of amides is 1. The van der Waals surface area contributed by atoms with Crippen molar-refractivity contribution in [1.29, 1.82) is 0 Å². The Morgan fingerprint density at radius 2 is 1.90 bits per heavy atom. The Hall–Kier alpha value is -2.93. The molecule has 29 heavy (non-hydrogen) atoms. The molecule has 0 fully saturated rings. The first-order valence-electron chi connectivity index (χ1n) is 9.70. The molecular weight excluding hydrogens is 386 g/mol. The quantitative estimate of drug-likeness (QED) is 0.631. The number of hydrogen-bond donors (Lipinski definition) is 1. The molecule has 2 aromatic heterocycles. The molecule has 3 aromatic rings. The van der Waals surface area contributed by atoms with Crippen LogP contribution in [0.5, 0.6) is 0 Å². The first-order chi connectivity index (χ1) is 13.9. The van der Waals surface area contributed by atoms with Gasteiger partial charge in [0.25, 0.3) is 5.91 Å². The first-order valence-corrected chi connectivity index (χ1v) is 10.5. The molecule has 1 N–H and O–H groups in total. The van der Waals surface area contributed by atoms with Gasteiger partial charge in [-0.1, -0.05) is 24.3 Å². The number of fused-ring (bicyclic) bond motifs is 3. The molecular formula is C22H23N3O3S. The van der Waals surface area contributed by atoms with Gasteiger partial charge in [0.2, 0.25) is 0 Å². The minimum atomic E-state index is -0.913. The van der Waals surface area contributed by atoms with Crippen LogP contribution in [0.2, 0.25) is 0 Å². The van der Waals surface area contributed by atoms with E-state index in [4.69, 9.17) is 4.74 Å². The molecule has 1 aliphatic rings. The Morgan fingerprint density at radius 3 is 2.69 bits per heavy atom.